The third kappa shape index (κ3) is 3.02. The van der Waals surface area contributed by atoms with Crippen molar-refractivity contribution in [1.82, 2.24) is 25.1 Å². The third-order valence-electron chi connectivity index (χ3n) is 5.78. The Morgan fingerprint density at radius 1 is 1.04 bits per heavy atom. The van der Waals surface area contributed by atoms with Gasteiger partial charge in [0.2, 0.25) is 0 Å². The zero-order valence-corrected chi connectivity index (χ0v) is 15.5. The van der Waals surface area contributed by atoms with Gasteiger partial charge in [-0.25, -0.2) is 4.98 Å². The van der Waals surface area contributed by atoms with Crippen LogP contribution in [0.1, 0.15) is 23.2 Å². The average Bonchev–Trinajstić information content (AvgIpc) is 3.06. The Labute approximate surface area is 163 Å². The predicted octanol–water partition coefficient (Wildman–Crippen LogP) is 2.61. The molecule has 5 heterocycles. The number of anilines is 1. The molecule has 2 aromatic heterocycles. The fraction of sp³-hybridized carbons (Fsp3) is 0.333. The Morgan fingerprint density at radius 2 is 1.93 bits per heavy atom. The van der Waals surface area contributed by atoms with Crippen LogP contribution in [0.3, 0.4) is 0 Å². The van der Waals surface area contributed by atoms with Crippen LogP contribution in [0.4, 0.5) is 5.82 Å². The van der Waals surface area contributed by atoms with E-state index >= 15 is 0 Å². The van der Waals surface area contributed by atoms with Gasteiger partial charge in [0.15, 0.2) is 0 Å². The topological polar surface area (TPSA) is 78.0 Å². The number of rotatable bonds is 3. The molecule has 2 atom stereocenters. The molecule has 3 saturated heterocycles. The Morgan fingerprint density at radius 3 is 2.75 bits per heavy atom. The first-order valence-corrected chi connectivity index (χ1v) is 9.70. The first kappa shape index (κ1) is 16.9. The normalized spacial score (nSPS) is 21.6. The van der Waals surface area contributed by atoms with E-state index in [4.69, 9.17) is 0 Å². The molecule has 3 fully saturated rings. The number of piperidine rings is 1. The number of carbonyl (C=O) groups is 1. The van der Waals surface area contributed by atoms with E-state index in [0.717, 1.165) is 49.6 Å². The van der Waals surface area contributed by atoms with Gasteiger partial charge in [-0.3, -0.25) is 14.9 Å². The van der Waals surface area contributed by atoms with Gasteiger partial charge in [-0.05, 0) is 18.8 Å². The van der Waals surface area contributed by atoms with E-state index in [9.17, 15) is 4.79 Å². The van der Waals surface area contributed by atoms with E-state index in [1.165, 1.54) is 0 Å². The SMILES string of the molecule is O=C(c1cn[nH]c1-c1ccccc1)N1C[C@H]2CC[C@@H]1CN(c1cnccn1)C2. The number of H-pyrrole nitrogens is 1. The number of benzene rings is 1. The van der Waals surface area contributed by atoms with Gasteiger partial charge >= 0.3 is 0 Å². The molecule has 1 aromatic carbocycles. The van der Waals surface area contributed by atoms with Gasteiger partial charge in [-0.1, -0.05) is 30.3 Å². The summed E-state index contributed by atoms with van der Waals surface area (Å²) in [7, 11) is 0. The molecular weight excluding hydrogens is 352 g/mol. The highest BCUT2D eigenvalue weighted by Gasteiger charge is 2.38. The van der Waals surface area contributed by atoms with E-state index in [1.807, 2.05) is 35.2 Å². The first-order chi connectivity index (χ1) is 13.8. The number of carbonyl (C=O) groups excluding carboxylic acids is 1. The monoisotopic (exact) mass is 374 g/mol. The number of hydrogen-bond acceptors (Lipinski definition) is 5. The van der Waals surface area contributed by atoms with Crippen molar-refractivity contribution in [3.63, 3.8) is 0 Å². The fourth-order valence-electron chi connectivity index (χ4n) is 4.40. The van der Waals surface area contributed by atoms with Crippen LogP contribution in [0.15, 0.2) is 55.1 Å². The molecule has 28 heavy (non-hydrogen) atoms. The van der Waals surface area contributed by atoms with Crippen LogP contribution >= 0.6 is 0 Å². The summed E-state index contributed by atoms with van der Waals surface area (Å²) in [5.74, 6) is 1.39. The number of nitrogens with one attached hydrogen (secondary N) is 1. The molecule has 1 amide bonds. The number of aromatic amines is 1. The van der Waals surface area contributed by atoms with Crippen molar-refractivity contribution in [1.29, 1.82) is 0 Å². The van der Waals surface area contributed by atoms with Crippen molar-refractivity contribution in [3.8, 4) is 11.3 Å². The number of nitrogens with zero attached hydrogens (tertiary/aromatic N) is 5. The van der Waals surface area contributed by atoms with Crippen LogP contribution in [0.5, 0.6) is 0 Å². The lowest BCUT2D eigenvalue weighted by Crippen LogP contribution is -2.47. The fourth-order valence-corrected chi connectivity index (χ4v) is 4.40. The van der Waals surface area contributed by atoms with E-state index in [2.05, 4.69) is 25.1 Å². The number of aromatic nitrogens is 4. The molecule has 0 unspecified atom stereocenters. The van der Waals surface area contributed by atoms with Crippen LogP contribution < -0.4 is 4.90 Å². The minimum absolute atomic E-state index is 0.0586. The van der Waals surface area contributed by atoms with Crippen LogP contribution in [0, 0.1) is 5.92 Å². The molecule has 142 valence electrons. The second-order valence-corrected chi connectivity index (χ2v) is 7.55. The molecule has 2 bridgehead atoms. The minimum atomic E-state index is 0.0586. The summed E-state index contributed by atoms with van der Waals surface area (Å²) in [6.07, 6.45) is 9.04. The molecule has 0 aliphatic carbocycles. The molecule has 0 spiro atoms. The summed E-state index contributed by atoms with van der Waals surface area (Å²) >= 11 is 0. The smallest absolute Gasteiger partial charge is 0.258 e. The van der Waals surface area contributed by atoms with Crippen LogP contribution in [-0.4, -0.2) is 56.6 Å². The first-order valence-electron chi connectivity index (χ1n) is 9.70. The predicted molar refractivity (Wildman–Crippen MR) is 106 cm³/mol. The highest BCUT2D eigenvalue weighted by Crippen LogP contribution is 2.32. The second-order valence-electron chi connectivity index (χ2n) is 7.55. The van der Waals surface area contributed by atoms with Crippen molar-refractivity contribution in [2.45, 2.75) is 18.9 Å². The zero-order chi connectivity index (χ0) is 18.9. The molecule has 7 heteroatoms. The maximum atomic E-state index is 13.5. The second kappa shape index (κ2) is 7.07. The van der Waals surface area contributed by atoms with Crippen LogP contribution in [0.2, 0.25) is 0 Å². The average molecular weight is 374 g/mol. The van der Waals surface area contributed by atoms with Crippen molar-refractivity contribution >= 4 is 11.7 Å². The zero-order valence-electron chi connectivity index (χ0n) is 15.5. The van der Waals surface area contributed by atoms with Gasteiger partial charge in [0.1, 0.15) is 5.82 Å². The summed E-state index contributed by atoms with van der Waals surface area (Å²) in [4.78, 5) is 26.4. The van der Waals surface area contributed by atoms with Crippen molar-refractivity contribution < 1.29 is 4.79 Å². The Bertz CT molecular complexity index is 957. The highest BCUT2D eigenvalue weighted by molar-refractivity contribution is 6.00. The lowest BCUT2D eigenvalue weighted by Gasteiger charge is -2.36. The van der Waals surface area contributed by atoms with E-state index < -0.39 is 0 Å². The molecule has 3 aliphatic heterocycles. The molecular formula is C21H22N6O. The Hall–Kier alpha value is -3.22. The number of amides is 1. The van der Waals surface area contributed by atoms with E-state index in [-0.39, 0.29) is 11.9 Å². The van der Waals surface area contributed by atoms with Gasteiger partial charge in [-0.2, -0.15) is 5.10 Å². The standard InChI is InChI=1S/C21H22N6O/c28-21(18-10-24-25-20(18)16-4-2-1-3-5-16)27-13-15-6-7-17(27)14-26(12-15)19-11-22-8-9-23-19/h1-5,8-11,15,17H,6-7,12-14H2,(H,24,25)/t15-,17+/m0/s1. The van der Waals surface area contributed by atoms with E-state index in [1.54, 1.807) is 24.8 Å². The van der Waals surface area contributed by atoms with Crippen LogP contribution in [-0.2, 0) is 0 Å². The number of hydrogen-bond donors (Lipinski definition) is 1. The Kier molecular flexibility index (Phi) is 4.27. The van der Waals surface area contributed by atoms with Gasteiger partial charge < -0.3 is 9.80 Å². The molecule has 6 rings (SSSR count). The van der Waals surface area contributed by atoms with Gasteiger partial charge in [0, 0.05) is 43.6 Å². The lowest BCUT2D eigenvalue weighted by atomic mass is 9.94. The molecule has 7 nitrogen and oxygen atoms in total. The minimum Gasteiger partial charge on any atom is -0.353 e. The summed E-state index contributed by atoms with van der Waals surface area (Å²) in [5, 5.41) is 7.17. The summed E-state index contributed by atoms with van der Waals surface area (Å²) in [5.41, 5.74) is 2.41. The van der Waals surface area contributed by atoms with Crippen molar-refractivity contribution in [2.24, 2.45) is 5.92 Å². The summed E-state index contributed by atoms with van der Waals surface area (Å²) < 4.78 is 0. The third-order valence-corrected chi connectivity index (χ3v) is 5.78. The summed E-state index contributed by atoms with van der Waals surface area (Å²) in [6.45, 7) is 2.48. The molecule has 3 aliphatic rings. The molecule has 0 radical (unpaired) electrons. The van der Waals surface area contributed by atoms with Gasteiger partial charge in [-0.15, -0.1) is 0 Å². The molecule has 1 N–H and O–H groups in total. The van der Waals surface area contributed by atoms with Crippen LogP contribution in [0.25, 0.3) is 11.3 Å². The number of fused-ring (bicyclic) bond motifs is 4. The van der Waals surface area contributed by atoms with Crippen molar-refractivity contribution in [3.05, 3.63) is 60.7 Å². The van der Waals surface area contributed by atoms with Gasteiger partial charge in [0.05, 0.1) is 23.7 Å². The molecule has 0 saturated carbocycles. The van der Waals surface area contributed by atoms with E-state index in [0.29, 0.717) is 11.5 Å². The lowest BCUT2D eigenvalue weighted by molar-refractivity contribution is 0.0593. The largest absolute Gasteiger partial charge is 0.353 e. The van der Waals surface area contributed by atoms with Crippen molar-refractivity contribution in [2.75, 3.05) is 24.5 Å². The summed E-state index contributed by atoms with van der Waals surface area (Å²) in [6, 6.07) is 10.1. The maximum absolute atomic E-state index is 13.5. The highest BCUT2D eigenvalue weighted by atomic mass is 16.2. The molecule has 3 aromatic rings. The van der Waals surface area contributed by atoms with Gasteiger partial charge in [0.25, 0.3) is 5.91 Å². The maximum Gasteiger partial charge on any atom is 0.258 e. The Balaban J connectivity index is 1.42. The quantitative estimate of drug-likeness (QED) is 0.762.